The first-order chi connectivity index (χ1) is 9.32. The summed E-state index contributed by atoms with van der Waals surface area (Å²) in [7, 11) is 0. The van der Waals surface area contributed by atoms with Crippen molar-refractivity contribution in [1.29, 1.82) is 0 Å². The van der Waals surface area contributed by atoms with E-state index in [1.165, 1.54) is 0 Å². The number of benzene rings is 1. The molecule has 0 unspecified atom stereocenters. The van der Waals surface area contributed by atoms with Gasteiger partial charge in [0, 0.05) is 18.0 Å². The Labute approximate surface area is 123 Å². The second kappa shape index (κ2) is 4.38. The summed E-state index contributed by atoms with van der Waals surface area (Å²) in [6.07, 6.45) is 2.79. The van der Waals surface area contributed by atoms with Gasteiger partial charge in [0.15, 0.2) is 6.29 Å². The average Bonchev–Trinajstić information content (AvgIpc) is 2.59. The Morgan fingerprint density at radius 3 is 2.25 bits per heavy atom. The third-order valence-electron chi connectivity index (χ3n) is 4.12. The van der Waals surface area contributed by atoms with Crippen LogP contribution in [0.25, 0.3) is 11.0 Å². The van der Waals surface area contributed by atoms with E-state index >= 15 is 0 Å². The van der Waals surface area contributed by atoms with Crippen molar-refractivity contribution in [2.45, 2.75) is 45.2 Å². The summed E-state index contributed by atoms with van der Waals surface area (Å²) < 4.78 is 12.0. The number of hydrogen-bond donors (Lipinski definition) is 0. The minimum Gasteiger partial charge on any atom is -0.339 e. The van der Waals surface area contributed by atoms with Gasteiger partial charge < -0.3 is 9.47 Å². The molecule has 20 heavy (non-hydrogen) atoms. The monoisotopic (exact) mass is 292 g/mol. The number of rotatable bonds is 1. The minimum atomic E-state index is -0.487. The molecular formula is C15H17ClN2O2. The first kappa shape index (κ1) is 13.7. The first-order valence-electron chi connectivity index (χ1n) is 6.56. The lowest BCUT2D eigenvalue weighted by molar-refractivity contribution is -0.0894. The molecule has 1 aliphatic heterocycles. The van der Waals surface area contributed by atoms with Crippen LogP contribution in [0, 0.1) is 0 Å². The van der Waals surface area contributed by atoms with Crippen molar-refractivity contribution in [1.82, 2.24) is 9.97 Å². The van der Waals surface area contributed by atoms with Gasteiger partial charge in [-0.05, 0) is 33.8 Å². The van der Waals surface area contributed by atoms with Crippen LogP contribution in [-0.2, 0) is 9.47 Å². The van der Waals surface area contributed by atoms with Gasteiger partial charge in [-0.25, -0.2) is 0 Å². The number of halogens is 1. The summed E-state index contributed by atoms with van der Waals surface area (Å²) in [6.45, 7) is 8.06. The van der Waals surface area contributed by atoms with Crippen molar-refractivity contribution < 1.29 is 9.47 Å². The van der Waals surface area contributed by atoms with Crippen LogP contribution in [-0.4, -0.2) is 21.2 Å². The van der Waals surface area contributed by atoms with Gasteiger partial charge in [0.25, 0.3) is 0 Å². The topological polar surface area (TPSA) is 44.2 Å². The molecule has 1 fully saturated rings. The largest absolute Gasteiger partial charge is 0.339 e. The molecule has 1 aromatic heterocycles. The fourth-order valence-corrected chi connectivity index (χ4v) is 2.47. The predicted octanol–water partition coefficient (Wildman–Crippen LogP) is 3.89. The zero-order valence-corrected chi connectivity index (χ0v) is 12.7. The molecule has 0 bridgehead atoms. The van der Waals surface area contributed by atoms with E-state index in [2.05, 4.69) is 9.97 Å². The molecule has 1 aromatic carbocycles. The number of aromatic nitrogens is 2. The second-order valence-corrected chi connectivity index (χ2v) is 6.36. The highest BCUT2D eigenvalue weighted by Gasteiger charge is 2.50. The van der Waals surface area contributed by atoms with Crippen LogP contribution in [0.15, 0.2) is 24.5 Å². The summed E-state index contributed by atoms with van der Waals surface area (Å²) in [6, 6.07) is 3.77. The summed E-state index contributed by atoms with van der Waals surface area (Å²) in [5.41, 5.74) is 1.44. The highest BCUT2D eigenvalue weighted by Crippen LogP contribution is 2.46. The molecule has 0 spiro atoms. The molecular weight excluding hydrogens is 276 g/mol. The van der Waals surface area contributed by atoms with Crippen molar-refractivity contribution in [3.05, 3.63) is 35.1 Å². The summed E-state index contributed by atoms with van der Waals surface area (Å²) >= 11 is 6.45. The van der Waals surface area contributed by atoms with Gasteiger partial charge in [-0.3, -0.25) is 9.97 Å². The first-order valence-corrected chi connectivity index (χ1v) is 6.94. The van der Waals surface area contributed by atoms with Crippen molar-refractivity contribution in [2.24, 2.45) is 0 Å². The van der Waals surface area contributed by atoms with Crippen LogP contribution < -0.4 is 0 Å². The fraction of sp³-hybridized carbons (Fsp3) is 0.467. The Bertz CT molecular complexity index is 654. The Morgan fingerprint density at radius 1 is 1.00 bits per heavy atom. The molecule has 4 nitrogen and oxygen atoms in total. The Hall–Kier alpha value is -1.23. The molecule has 0 aliphatic carbocycles. The van der Waals surface area contributed by atoms with Crippen LogP contribution in [0.1, 0.15) is 39.5 Å². The molecule has 5 heteroatoms. The van der Waals surface area contributed by atoms with E-state index in [4.69, 9.17) is 21.1 Å². The van der Waals surface area contributed by atoms with Crippen LogP contribution >= 0.6 is 11.6 Å². The van der Waals surface area contributed by atoms with E-state index in [1.54, 1.807) is 12.4 Å². The van der Waals surface area contributed by atoms with Gasteiger partial charge in [-0.2, -0.15) is 0 Å². The van der Waals surface area contributed by atoms with E-state index in [0.29, 0.717) is 10.5 Å². The maximum atomic E-state index is 6.45. The van der Waals surface area contributed by atoms with Gasteiger partial charge in [-0.1, -0.05) is 17.7 Å². The zero-order valence-electron chi connectivity index (χ0n) is 12.0. The fourth-order valence-electron chi connectivity index (χ4n) is 2.17. The summed E-state index contributed by atoms with van der Waals surface area (Å²) in [5, 5.41) is 0.536. The lowest BCUT2D eigenvalue weighted by Crippen LogP contribution is -2.41. The van der Waals surface area contributed by atoms with Crippen molar-refractivity contribution in [3.8, 4) is 0 Å². The molecule has 1 aliphatic rings. The lowest BCUT2D eigenvalue weighted by atomic mass is 9.90. The van der Waals surface area contributed by atoms with Crippen LogP contribution in [0.5, 0.6) is 0 Å². The number of nitrogens with zero attached hydrogens (tertiary/aromatic N) is 2. The Balaban J connectivity index is 2.06. The number of hydrogen-bond acceptors (Lipinski definition) is 4. The van der Waals surface area contributed by atoms with Crippen LogP contribution in [0.3, 0.4) is 0 Å². The molecule has 0 N–H and O–H groups in total. The van der Waals surface area contributed by atoms with E-state index in [1.807, 2.05) is 39.8 Å². The highest BCUT2D eigenvalue weighted by atomic mass is 35.5. The second-order valence-electron chi connectivity index (χ2n) is 5.98. The maximum absolute atomic E-state index is 6.45. The zero-order chi connectivity index (χ0) is 14.5. The molecule has 2 aromatic rings. The number of ether oxygens (including phenoxy) is 2. The van der Waals surface area contributed by atoms with Gasteiger partial charge in [-0.15, -0.1) is 0 Å². The van der Waals surface area contributed by atoms with Gasteiger partial charge >= 0.3 is 0 Å². The summed E-state index contributed by atoms with van der Waals surface area (Å²) in [5.74, 6) is 0. The molecule has 3 rings (SSSR count). The molecule has 0 saturated carbocycles. The third kappa shape index (κ3) is 1.99. The lowest BCUT2D eigenvalue weighted by Gasteiger charge is -2.30. The SMILES string of the molecule is CC1(C)OC(c2ccc3nccnc3c2Cl)OC1(C)C. The molecule has 2 heterocycles. The smallest absolute Gasteiger partial charge is 0.186 e. The van der Waals surface area contributed by atoms with Crippen LogP contribution in [0.2, 0.25) is 5.02 Å². The van der Waals surface area contributed by atoms with Crippen molar-refractivity contribution in [2.75, 3.05) is 0 Å². The normalized spacial score (nSPS) is 21.4. The third-order valence-corrected chi connectivity index (χ3v) is 4.51. The average molecular weight is 293 g/mol. The Kier molecular flexibility index (Phi) is 3.01. The molecule has 106 valence electrons. The minimum absolute atomic E-state index is 0.391. The van der Waals surface area contributed by atoms with Crippen LogP contribution in [0.4, 0.5) is 0 Å². The maximum Gasteiger partial charge on any atom is 0.186 e. The number of fused-ring (bicyclic) bond motifs is 1. The molecule has 0 atom stereocenters. The van der Waals surface area contributed by atoms with E-state index in [-0.39, 0.29) is 0 Å². The predicted molar refractivity (Wildman–Crippen MR) is 77.6 cm³/mol. The summed E-state index contributed by atoms with van der Waals surface area (Å²) in [4.78, 5) is 8.52. The highest BCUT2D eigenvalue weighted by molar-refractivity contribution is 6.35. The standard InChI is InChI=1S/C15H17ClN2O2/c1-14(2)15(3,4)20-13(19-14)9-5-6-10-12(11(9)16)18-8-7-17-10/h5-8,13H,1-4H3. The van der Waals surface area contributed by atoms with E-state index in [9.17, 15) is 0 Å². The van der Waals surface area contributed by atoms with Gasteiger partial charge in [0.1, 0.15) is 5.52 Å². The van der Waals surface area contributed by atoms with E-state index < -0.39 is 17.5 Å². The molecule has 1 saturated heterocycles. The quantitative estimate of drug-likeness (QED) is 0.800. The van der Waals surface area contributed by atoms with Crippen molar-refractivity contribution >= 4 is 22.6 Å². The Morgan fingerprint density at radius 2 is 1.60 bits per heavy atom. The van der Waals surface area contributed by atoms with E-state index in [0.717, 1.165) is 11.1 Å². The van der Waals surface area contributed by atoms with Crippen molar-refractivity contribution in [3.63, 3.8) is 0 Å². The molecule has 0 radical (unpaired) electrons. The van der Waals surface area contributed by atoms with Gasteiger partial charge in [0.2, 0.25) is 0 Å². The molecule has 0 amide bonds. The van der Waals surface area contributed by atoms with Gasteiger partial charge in [0.05, 0.1) is 21.7 Å².